The number of carbonyl (C=O) groups is 1. The number of thiazole rings is 1. The summed E-state index contributed by atoms with van der Waals surface area (Å²) in [5, 5.41) is 32.2. The quantitative estimate of drug-likeness (QED) is 0.551. The molecule has 0 aromatic carbocycles. The molecule has 3 rings (SSSR count). The van der Waals surface area contributed by atoms with Gasteiger partial charge < -0.3 is 30.1 Å². The number of fused-ring (bicyclic) bond motifs is 1. The van der Waals surface area contributed by atoms with Crippen molar-refractivity contribution in [3.8, 4) is 0 Å². The highest BCUT2D eigenvalue weighted by Crippen LogP contribution is 2.34. The van der Waals surface area contributed by atoms with Crippen LogP contribution in [-0.4, -0.2) is 70.1 Å². The number of rotatable bonds is 5. The number of nitrogens with zero attached hydrogens (tertiary/aromatic N) is 1. The lowest BCUT2D eigenvalue weighted by Crippen LogP contribution is -2.64. The summed E-state index contributed by atoms with van der Waals surface area (Å²) in [5.74, 6) is -0.233. The monoisotopic (exact) mass is 372 g/mol. The molecule has 6 atom stereocenters. The van der Waals surface area contributed by atoms with Gasteiger partial charge in [-0.1, -0.05) is 0 Å². The number of aliphatic hydroxyl groups is 3. The van der Waals surface area contributed by atoms with E-state index in [-0.39, 0.29) is 11.8 Å². The van der Waals surface area contributed by atoms with Crippen molar-refractivity contribution in [2.75, 3.05) is 13.2 Å². The van der Waals surface area contributed by atoms with Crippen LogP contribution in [0.4, 0.5) is 0 Å². The van der Waals surface area contributed by atoms with Crippen molar-refractivity contribution >= 4 is 17.2 Å². The van der Waals surface area contributed by atoms with Gasteiger partial charge in [0.1, 0.15) is 24.4 Å². The van der Waals surface area contributed by atoms with Crippen molar-refractivity contribution in [3.05, 3.63) is 16.1 Å². The summed E-state index contributed by atoms with van der Waals surface area (Å²) in [4.78, 5) is 17.1. The van der Waals surface area contributed by atoms with Crippen molar-refractivity contribution in [1.82, 2.24) is 10.3 Å². The van der Waals surface area contributed by atoms with E-state index in [1.165, 1.54) is 11.8 Å². The Labute approximate surface area is 149 Å². The van der Waals surface area contributed by atoms with Crippen LogP contribution in [0.1, 0.15) is 36.3 Å². The Kier molecular flexibility index (Phi) is 6.03. The third-order valence-corrected chi connectivity index (χ3v) is 5.64. The van der Waals surface area contributed by atoms with Gasteiger partial charge in [-0.2, -0.15) is 0 Å². The fourth-order valence-corrected chi connectivity index (χ4v) is 4.33. The molecule has 1 aromatic rings. The zero-order valence-corrected chi connectivity index (χ0v) is 14.8. The minimum Gasteiger partial charge on any atom is -0.394 e. The Bertz CT molecular complexity index is 597. The lowest BCUT2D eigenvalue weighted by molar-refractivity contribution is -0.271. The van der Waals surface area contributed by atoms with Crippen molar-refractivity contribution in [2.45, 2.75) is 62.7 Å². The highest BCUT2D eigenvalue weighted by atomic mass is 32.1. The van der Waals surface area contributed by atoms with E-state index in [2.05, 4.69) is 10.3 Å². The van der Waals surface area contributed by atoms with Gasteiger partial charge in [0.25, 0.3) is 0 Å². The lowest BCUT2D eigenvalue weighted by atomic mass is 9.91. The molecule has 25 heavy (non-hydrogen) atoms. The van der Waals surface area contributed by atoms with E-state index in [0.29, 0.717) is 6.61 Å². The maximum absolute atomic E-state index is 11.4. The average Bonchev–Trinajstić information content (AvgIpc) is 3.07. The van der Waals surface area contributed by atoms with E-state index in [4.69, 9.17) is 9.47 Å². The van der Waals surface area contributed by atoms with Crippen LogP contribution in [0.5, 0.6) is 0 Å². The first-order valence-electron chi connectivity index (χ1n) is 8.44. The molecule has 0 unspecified atom stereocenters. The standard InChI is InChI=1S/C16H24N2O6S/c1-8(20)18-13-15(22)14(21)10(5-19)24-16(13)23-6-9-3-2-4-11-12(9)17-7-25-11/h7,9-10,13-16,19,21-22H,2-6H2,1H3,(H,18,20)/t9-,10+,13+,14+,15+,16+/m0/s1. The summed E-state index contributed by atoms with van der Waals surface area (Å²) in [7, 11) is 0. The number of aromatic nitrogens is 1. The first-order valence-corrected chi connectivity index (χ1v) is 9.32. The van der Waals surface area contributed by atoms with Gasteiger partial charge in [-0.15, -0.1) is 11.3 Å². The van der Waals surface area contributed by atoms with Crippen molar-refractivity contribution in [1.29, 1.82) is 0 Å². The maximum atomic E-state index is 11.4. The number of amides is 1. The molecule has 1 fully saturated rings. The van der Waals surface area contributed by atoms with Crippen LogP contribution in [0.2, 0.25) is 0 Å². The first kappa shape index (κ1) is 18.7. The van der Waals surface area contributed by atoms with Gasteiger partial charge in [-0.25, -0.2) is 4.98 Å². The Morgan fingerprint density at radius 2 is 2.28 bits per heavy atom. The van der Waals surface area contributed by atoms with E-state index in [1.54, 1.807) is 11.3 Å². The summed E-state index contributed by atoms with van der Waals surface area (Å²) >= 11 is 1.64. The predicted octanol–water partition coefficient (Wildman–Crippen LogP) is -0.477. The van der Waals surface area contributed by atoms with Gasteiger partial charge in [-0.05, 0) is 19.3 Å². The minimum absolute atomic E-state index is 0.133. The second kappa shape index (κ2) is 8.07. The number of hydrogen-bond acceptors (Lipinski definition) is 8. The van der Waals surface area contributed by atoms with Gasteiger partial charge in [0.05, 0.1) is 24.4 Å². The largest absolute Gasteiger partial charge is 0.394 e. The highest BCUT2D eigenvalue weighted by molar-refractivity contribution is 7.09. The summed E-state index contributed by atoms with van der Waals surface area (Å²) < 4.78 is 11.4. The van der Waals surface area contributed by atoms with Crippen molar-refractivity contribution in [3.63, 3.8) is 0 Å². The molecular formula is C16H24N2O6S. The zero-order chi connectivity index (χ0) is 18.0. The van der Waals surface area contributed by atoms with Crippen LogP contribution in [-0.2, 0) is 20.7 Å². The molecule has 1 aromatic heterocycles. The molecule has 0 saturated carbocycles. The van der Waals surface area contributed by atoms with E-state index in [1.807, 2.05) is 5.51 Å². The van der Waals surface area contributed by atoms with Gasteiger partial charge in [0.2, 0.25) is 5.91 Å². The predicted molar refractivity (Wildman–Crippen MR) is 89.1 cm³/mol. The Morgan fingerprint density at radius 1 is 1.48 bits per heavy atom. The van der Waals surface area contributed by atoms with Crippen LogP contribution in [0, 0.1) is 0 Å². The maximum Gasteiger partial charge on any atom is 0.217 e. The average molecular weight is 372 g/mol. The molecule has 1 amide bonds. The number of aryl methyl sites for hydroxylation is 1. The fraction of sp³-hybridized carbons (Fsp3) is 0.750. The van der Waals surface area contributed by atoms with E-state index in [0.717, 1.165) is 25.0 Å². The van der Waals surface area contributed by atoms with Crippen molar-refractivity contribution in [2.24, 2.45) is 0 Å². The van der Waals surface area contributed by atoms with Crippen LogP contribution >= 0.6 is 11.3 Å². The normalized spacial score (nSPS) is 35.2. The van der Waals surface area contributed by atoms with E-state index in [9.17, 15) is 20.1 Å². The number of hydrogen-bond donors (Lipinski definition) is 4. The minimum atomic E-state index is -1.30. The third-order valence-electron chi connectivity index (χ3n) is 4.73. The lowest BCUT2D eigenvalue weighted by Gasteiger charge is -2.42. The zero-order valence-electron chi connectivity index (χ0n) is 14.0. The fourth-order valence-electron chi connectivity index (χ4n) is 3.43. The smallest absolute Gasteiger partial charge is 0.217 e. The molecular weight excluding hydrogens is 348 g/mol. The SMILES string of the molecule is CC(=O)N[C@H]1[C@H](OC[C@@H]2CCCc3scnc32)O[C@H](CO)[C@@H](O)[C@@H]1O. The summed E-state index contributed by atoms with van der Waals surface area (Å²) in [6.45, 7) is 1.19. The Hall–Kier alpha value is -1.10. The summed E-state index contributed by atoms with van der Waals surface area (Å²) in [6, 6.07) is -0.909. The van der Waals surface area contributed by atoms with Gasteiger partial charge >= 0.3 is 0 Å². The molecule has 0 spiro atoms. The molecule has 1 saturated heterocycles. The molecule has 140 valence electrons. The van der Waals surface area contributed by atoms with Gasteiger partial charge in [0.15, 0.2) is 6.29 Å². The molecule has 0 bridgehead atoms. The number of carbonyl (C=O) groups excluding carboxylic acids is 1. The Balaban J connectivity index is 1.69. The van der Waals surface area contributed by atoms with Crippen LogP contribution in [0.3, 0.4) is 0 Å². The molecule has 4 N–H and O–H groups in total. The third kappa shape index (κ3) is 4.02. The number of aliphatic hydroxyl groups excluding tert-OH is 3. The second-order valence-corrected chi connectivity index (χ2v) is 7.46. The van der Waals surface area contributed by atoms with Crippen LogP contribution < -0.4 is 5.32 Å². The van der Waals surface area contributed by atoms with Crippen LogP contribution in [0.15, 0.2) is 5.51 Å². The molecule has 0 radical (unpaired) electrons. The molecule has 9 heteroatoms. The van der Waals surface area contributed by atoms with Gasteiger partial charge in [-0.3, -0.25) is 4.79 Å². The Morgan fingerprint density at radius 3 is 3.00 bits per heavy atom. The topological polar surface area (TPSA) is 121 Å². The van der Waals surface area contributed by atoms with Gasteiger partial charge in [0, 0.05) is 17.7 Å². The summed E-state index contributed by atoms with van der Waals surface area (Å²) in [5.41, 5.74) is 2.88. The second-order valence-electron chi connectivity index (χ2n) is 6.52. The summed E-state index contributed by atoms with van der Waals surface area (Å²) in [6.07, 6.45) is -1.48. The van der Waals surface area contributed by atoms with E-state index >= 15 is 0 Å². The molecule has 1 aliphatic carbocycles. The van der Waals surface area contributed by atoms with E-state index < -0.39 is 37.3 Å². The molecule has 2 aliphatic rings. The van der Waals surface area contributed by atoms with Crippen LogP contribution in [0.25, 0.3) is 0 Å². The first-order chi connectivity index (χ1) is 12.0. The number of ether oxygens (including phenoxy) is 2. The molecule has 1 aliphatic heterocycles. The van der Waals surface area contributed by atoms with Crippen molar-refractivity contribution < 1.29 is 29.6 Å². The molecule has 8 nitrogen and oxygen atoms in total. The molecule has 2 heterocycles. The number of nitrogens with one attached hydrogen (secondary N) is 1. The highest BCUT2D eigenvalue weighted by Gasteiger charge is 2.45.